The maximum absolute atomic E-state index is 13.0. The lowest BCUT2D eigenvalue weighted by atomic mass is 9.88. The number of pyridine rings is 1. The van der Waals surface area contributed by atoms with Crippen LogP contribution >= 0.6 is 0 Å². The Morgan fingerprint density at radius 2 is 2.00 bits per heavy atom. The number of likely N-dealkylation sites (tertiary alicyclic amines) is 1. The van der Waals surface area contributed by atoms with Gasteiger partial charge in [0.15, 0.2) is 0 Å². The molecule has 152 valence electrons. The van der Waals surface area contributed by atoms with Crippen LogP contribution in [0.2, 0.25) is 0 Å². The summed E-state index contributed by atoms with van der Waals surface area (Å²) in [5.74, 6) is -0.263. The molecule has 2 N–H and O–H groups in total. The lowest BCUT2D eigenvalue weighted by molar-refractivity contribution is -0.127. The van der Waals surface area contributed by atoms with Crippen LogP contribution in [0.15, 0.2) is 53.3 Å². The zero-order chi connectivity index (χ0) is 20.5. The van der Waals surface area contributed by atoms with E-state index in [2.05, 4.69) is 5.32 Å². The van der Waals surface area contributed by atoms with Gasteiger partial charge in [-0.25, -0.2) is 0 Å². The van der Waals surface area contributed by atoms with Crippen LogP contribution in [0.4, 0.5) is 0 Å². The molecular weight excluding hydrogens is 366 g/mol. The van der Waals surface area contributed by atoms with Crippen molar-refractivity contribution < 1.29 is 9.90 Å². The van der Waals surface area contributed by atoms with E-state index in [4.69, 9.17) is 0 Å². The summed E-state index contributed by atoms with van der Waals surface area (Å²) in [5.41, 5.74) is 2.62. The lowest BCUT2D eigenvalue weighted by Gasteiger charge is -2.27. The number of benzene rings is 1. The summed E-state index contributed by atoms with van der Waals surface area (Å²) in [6.45, 7) is 2.79. The molecule has 0 bridgehead atoms. The second kappa shape index (κ2) is 7.97. The SMILES string of the molecule is C/C=C\c1ccc2n(c1=O)C[C@H]1[C@H](CO)[C@@H](C(=O)NCc3ccccc3)N(C)[C@@H]21. The van der Waals surface area contributed by atoms with Gasteiger partial charge in [-0.3, -0.25) is 14.5 Å². The average molecular weight is 393 g/mol. The molecule has 1 aromatic heterocycles. The molecule has 4 rings (SSSR count). The number of hydrogen-bond donors (Lipinski definition) is 2. The van der Waals surface area contributed by atoms with Crippen LogP contribution in [0.1, 0.15) is 29.8 Å². The Hall–Kier alpha value is -2.70. The summed E-state index contributed by atoms with van der Waals surface area (Å²) in [5, 5.41) is 13.1. The first-order chi connectivity index (χ1) is 14.1. The standard InChI is InChI=1S/C23H27N3O3/c1-3-7-16-10-11-19-20-17(13-26(19)23(16)29)18(14-27)21(25(20)2)22(28)24-12-15-8-5-4-6-9-15/h3-11,17-18,20-21,27H,12-14H2,1-2H3,(H,24,28)/b7-3-/t17-,18-,20+,21-/m0/s1. The van der Waals surface area contributed by atoms with Crippen molar-refractivity contribution in [3.8, 4) is 0 Å². The van der Waals surface area contributed by atoms with Gasteiger partial charge in [-0.15, -0.1) is 0 Å². The number of fused-ring (bicyclic) bond motifs is 3. The smallest absolute Gasteiger partial charge is 0.258 e. The second-order valence-corrected chi connectivity index (χ2v) is 7.90. The zero-order valence-electron chi connectivity index (χ0n) is 16.8. The highest BCUT2D eigenvalue weighted by Gasteiger charge is 2.54. The largest absolute Gasteiger partial charge is 0.396 e. The van der Waals surface area contributed by atoms with Gasteiger partial charge in [0.25, 0.3) is 5.56 Å². The number of aliphatic hydroxyl groups excluding tert-OH is 1. The van der Waals surface area contributed by atoms with Crippen molar-refractivity contribution in [1.29, 1.82) is 0 Å². The normalized spacial score (nSPS) is 25.9. The fourth-order valence-electron chi connectivity index (χ4n) is 4.99. The van der Waals surface area contributed by atoms with Gasteiger partial charge in [-0.05, 0) is 31.7 Å². The Morgan fingerprint density at radius 1 is 1.24 bits per heavy atom. The van der Waals surface area contributed by atoms with Crippen molar-refractivity contribution in [2.24, 2.45) is 11.8 Å². The number of aliphatic hydroxyl groups is 1. The molecule has 2 aliphatic rings. The Bertz CT molecular complexity index is 983. The highest BCUT2D eigenvalue weighted by atomic mass is 16.3. The number of likely N-dealkylation sites (N-methyl/N-ethyl adjacent to an activating group) is 1. The number of carbonyl (C=O) groups is 1. The molecule has 3 heterocycles. The molecule has 2 aromatic rings. The van der Waals surface area contributed by atoms with E-state index in [-0.39, 0.29) is 36.0 Å². The van der Waals surface area contributed by atoms with Crippen molar-refractivity contribution in [2.75, 3.05) is 13.7 Å². The topological polar surface area (TPSA) is 74.6 Å². The van der Waals surface area contributed by atoms with Crippen LogP contribution in [-0.2, 0) is 17.9 Å². The first-order valence-corrected chi connectivity index (χ1v) is 10.1. The molecule has 0 aliphatic carbocycles. The molecule has 2 aliphatic heterocycles. The first-order valence-electron chi connectivity index (χ1n) is 10.1. The van der Waals surface area contributed by atoms with E-state index in [1.54, 1.807) is 0 Å². The highest BCUT2D eigenvalue weighted by molar-refractivity contribution is 5.82. The highest BCUT2D eigenvalue weighted by Crippen LogP contribution is 2.48. The quantitative estimate of drug-likeness (QED) is 0.812. The van der Waals surface area contributed by atoms with E-state index in [1.807, 2.05) is 78.1 Å². The Labute approximate surface area is 170 Å². The molecule has 0 unspecified atom stereocenters. The molecular formula is C23H27N3O3. The van der Waals surface area contributed by atoms with Crippen LogP contribution in [0.25, 0.3) is 6.08 Å². The number of carbonyl (C=O) groups excluding carboxylic acids is 1. The molecule has 6 heteroatoms. The van der Waals surface area contributed by atoms with E-state index in [9.17, 15) is 14.7 Å². The number of rotatable bonds is 5. The number of hydrogen-bond acceptors (Lipinski definition) is 4. The molecule has 6 nitrogen and oxygen atoms in total. The summed E-state index contributed by atoms with van der Waals surface area (Å²) in [7, 11) is 1.92. The summed E-state index contributed by atoms with van der Waals surface area (Å²) in [6, 6.07) is 13.1. The fraction of sp³-hybridized carbons (Fsp3) is 0.391. The van der Waals surface area contributed by atoms with Gasteiger partial charge in [-0.1, -0.05) is 42.5 Å². The maximum atomic E-state index is 13.0. The van der Waals surface area contributed by atoms with Crippen molar-refractivity contribution in [1.82, 2.24) is 14.8 Å². The lowest BCUT2D eigenvalue weighted by Crippen LogP contribution is -2.46. The van der Waals surface area contributed by atoms with Crippen LogP contribution < -0.4 is 10.9 Å². The molecule has 1 fully saturated rings. The van der Waals surface area contributed by atoms with Gasteiger partial charge in [0.05, 0.1) is 12.1 Å². The molecule has 0 saturated carbocycles. The number of amides is 1. The number of nitrogens with one attached hydrogen (secondary N) is 1. The van der Waals surface area contributed by atoms with E-state index in [1.165, 1.54) is 0 Å². The van der Waals surface area contributed by atoms with Crippen LogP contribution in [0, 0.1) is 11.8 Å². The van der Waals surface area contributed by atoms with E-state index in [0.29, 0.717) is 18.7 Å². The average Bonchev–Trinajstić information content (AvgIpc) is 3.24. The van der Waals surface area contributed by atoms with Crippen molar-refractivity contribution in [2.45, 2.75) is 32.1 Å². The third kappa shape index (κ3) is 3.32. The zero-order valence-corrected chi connectivity index (χ0v) is 16.8. The monoisotopic (exact) mass is 393 g/mol. The summed E-state index contributed by atoms with van der Waals surface area (Å²) in [6.07, 6.45) is 3.67. The van der Waals surface area contributed by atoms with Gasteiger partial charge in [-0.2, -0.15) is 0 Å². The molecule has 29 heavy (non-hydrogen) atoms. The summed E-state index contributed by atoms with van der Waals surface area (Å²) in [4.78, 5) is 27.8. The molecule has 0 spiro atoms. The molecule has 0 radical (unpaired) electrons. The van der Waals surface area contributed by atoms with Crippen molar-refractivity contribution >= 4 is 12.0 Å². The maximum Gasteiger partial charge on any atom is 0.258 e. The summed E-state index contributed by atoms with van der Waals surface area (Å²) >= 11 is 0. The van der Waals surface area contributed by atoms with Crippen LogP contribution in [0.3, 0.4) is 0 Å². The Kier molecular flexibility index (Phi) is 5.39. The van der Waals surface area contributed by atoms with E-state index >= 15 is 0 Å². The molecule has 4 atom stereocenters. The van der Waals surface area contributed by atoms with Gasteiger partial charge in [0.2, 0.25) is 5.91 Å². The van der Waals surface area contributed by atoms with Crippen LogP contribution in [-0.4, -0.2) is 40.2 Å². The predicted octanol–water partition coefficient (Wildman–Crippen LogP) is 1.79. The Morgan fingerprint density at radius 3 is 2.69 bits per heavy atom. The van der Waals surface area contributed by atoms with Gasteiger partial charge >= 0.3 is 0 Å². The van der Waals surface area contributed by atoms with Crippen LogP contribution in [0.5, 0.6) is 0 Å². The fourth-order valence-corrected chi connectivity index (χ4v) is 4.99. The van der Waals surface area contributed by atoms with E-state index in [0.717, 1.165) is 11.3 Å². The molecule has 1 saturated heterocycles. The van der Waals surface area contributed by atoms with Gasteiger partial charge in [0, 0.05) is 42.8 Å². The van der Waals surface area contributed by atoms with E-state index < -0.39 is 6.04 Å². The predicted molar refractivity (Wildman–Crippen MR) is 112 cm³/mol. The second-order valence-electron chi connectivity index (χ2n) is 7.90. The third-order valence-electron chi connectivity index (χ3n) is 6.31. The van der Waals surface area contributed by atoms with Crippen molar-refractivity contribution in [3.05, 3.63) is 75.7 Å². The van der Waals surface area contributed by atoms with Gasteiger partial charge in [0.1, 0.15) is 0 Å². The third-order valence-corrected chi connectivity index (χ3v) is 6.31. The number of nitrogens with zero attached hydrogens (tertiary/aromatic N) is 2. The molecule has 1 aromatic carbocycles. The Balaban J connectivity index is 1.58. The minimum atomic E-state index is -0.419. The minimum Gasteiger partial charge on any atom is -0.396 e. The molecule has 1 amide bonds. The van der Waals surface area contributed by atoms with Gasteiger partial charge < -0.3 is 15.0 Å². The van der Waals surface area contributed by atoms with Crippen molar-refractivity contribution in [3.63, 3.8) is 0 Å². The first kappa shape index (κ1) is 19.6. The minimum absolute atomic E-state index is 0.00910. The summed E-state index contributed by atoms with van der Waals surface area (Å²) < 4.78 is 1.81. The number of allylic oxidation sites excluding steroid dienone is 1. The number of aromatic nitrogens is 1.